The molecule has 0 saturated heterocycles. The highest BCUT2D eigenvalue weighted by Gasteiger charge is 2.48. The molecule has 1 aromatic heterocycles. The molecule has 11 rings (SSSR count). The van der Waals surface area contributed by atoms with Crippen molar-refractivity contribution in [2.75, 3.05) is 4.81 Å². The molecule has 0 unspecified atom stereocenters. The average molecular weight is 585 g/mol. The Hall–Kier alpha value is -5.54. The van der Waals surface area contributed by atoms with Crippen molar-refractivity contribution >= 4 is 61.7 Å². The highest BCUT2D eigenvalue weighted by Crippen LogP contribution is 2.58. The van der Waals surface area contributed by atoms with E-state index in [1.807, 2.05) is 0 Å². The molecule has 2 nitrogen and oxygen atoms in total. The van der Waals surface area contributed by atoms with Gasteiger partial charge in [-0.2, -0.15) is 0 Å². The Morgan fingerprint density at radius 1 is 0.543 bits per heavy atom. The summed E-state index contributed by atoms with van der Waals surface area (Å²) in [5.74, 6) is 0. The highest BCUT2D eigenvalue weighted by molar-refractivity contribution is 6.94. The summed E-state index contributed by atoms with van der Waals surface area (Å²) >= 11 is 0. The zero-order chi connectivity index (χ0) is 30.3. The van der Waals surface area contributed by atoms with Crippen LogP contribution in [0.2, 0.25) is 0 Å². The molecule has 0 saturated carbocycles. The molecule has 214 valence electrons. The Kier molecular flexibility index (Phi) is 4.51. The van der Waals surface area contributed by atoms with Crippen LogP contribution in [0.5, 0.6) is 0 Å². The molecule has 2 aliphatic heterocycles. The topological polar surface area (TPSA) is 8.17 Å². The summed E-state index contributed by atoms with van der Waals surface area (Å²) in [5.41, 5.74) is 17.3. The summed E-state index contributed by atoms with van der Waals surface area (Å²) < 4.78 is 2.56. The Morgan fingerprint density at radius 3 is 2.11 bits per heavy atom. The first-order valence-corrected chi connectivity index (χ1v) is 16.3. The molecule has 3 heteroatoms. The maximum Gasteiger partial charge on any atom is 0.333 e. The van der Waals surface area contributed by atoms with Gasteiger partial charge in [-0.25, -0.2) is 0 Å². The fraction of sp³-hybridized carbons (Fsp3) is 0.0698. The number of para-hydroxylation sites is 3. The van der Waals surface area contributed by atoms with Gasteiger partial charge < -0.3 is 9.38 Å². The molecule has 1 aliphatic carbocycles. The van der Waals surface area contributed by atoms with E-state index in [-0.39, 0.29) is 12.3 Å². The molecule has 0 amide bonds. The van der Waals surface area contributed by atoms with Crippen molar-refractivity contribution < 1.29 is 0 Å². The minimum Gasteiger partial charge on any atom is -0.376 e. The van der Waals surface area contributed by atoms with Crippen LogP contribution in [-0.2, 0) is 5.41 Å². The first-order chi connectivity index (χ1) is 22.6. The quantitative estimate of drug-likeness (QED) is 0.175. The Labute approximate surface area is 268 Å². The van der Waals surface area contributed by atoms with Gasteiger partial charge in [-0.1, -0.05) is 129 Å². The third-order valence-electron chi connectivity index (χ3n) is 11.1. The van der Waals surface area contributed by atoms with E-state index in [1.165, 1.54) is 93.9 Å². The van der Waals surface area contributed by atoms with Crippen LogP contribution in [0.3, 0.4) is 0 Å². The van der Waals surface area contributed by atoms with Gasteiger partial charge in [0.2, 0.25) is 0 Å². The van der Waals surface area contributed by atoms with E-state index in [0.717, 1.165) is 0 Å². The lowest BCUT2D eigenvalue weighted by atomic mass is 9.43. The lowest BCUT2D eigenvalue weighted by Gasteiger charge is -2.43. The van der Waals surface area contributed by atoms with Crippen LogP contribution in [0.15, 0.2) is 140 Å². The van der Waals surface area contributed by atoms with Crippen molar-refractivity contribution in [1.82, 2.24) is 4.57 Å². The van der Waals surface area contributed by atoms with E-state index in [1.54, 1.807) is 0 Å². The van der Waals surface area contributed by atoms with Gasteiger partial charge in [-0.05, 0) is 68.2 Å². The number of nitrogens with zero attached hydrogens (tertiary/aromatic N) is 2. The zero-order valence-corrected chi connectivity index (χ0v) is 25.8. The molecule has 0 bridgehead atoms. The molecule has 0 atom stereocenters. The second-order valence-corrected chi connectivity index (χ2v) is 13.6. The first-order valence-electron chi connectivity index (χ1n) is 16.3. The minimum absolute atomic E-state index is 0.00685. The monoisotopic (exact) mass is 584 g/mol. The van der Waals surface area contributed by atoms with E-state index in [4.69, 9.17) is 0 Å². The largest absolute Gasteiger partial charge is 0.376 e. The normalized spacial score (nSPS) is 14.8. The maximum atomic E-state index is 2.68. The van der Waals surface area contributed by atoms with Gasteiger partial charge in [-0.3, -0.25) is 0 Å². The molecule has 46 heavy (non-hydrogen) atoms. The standard InChI is InChI=1S/C43H29BN2/c1-43(2)32-20-10-8-18-29(32)39-33(43)25-24-31-37-27-16-6-7-17-28(27)38-30-19-9-12-22-35(30)45-36-23-13-11-21-34(36)44(40(37)42(38)45)46(41(31)39)26-14-4-3-5-15-26/h3-25H,1-2H3. The van der Waals surface area contributed by atoms with Crippen LogP contribution < -0.4 is 15.7 Å². The van der Waals surface area contributed by atoms with E-state index < -0.39 is 0 Å². The molecular formula is C43H29BN2. The van der Waals surface area contributed by atoms with Gasteiger partial charge in [0.15, 0.2) is 0 Å². The van der Waals surface area contributed by atoms with Crippen molar-refractivity contribution in [2.24, 2.45) is 0 Å². The predicted octanol–water partition coefficient (Wildman–Crippen LogP) is 9.48. The Morgan fingerprint density at radius 2 is 1.24 bits per heavy atom. The van der Waals surface area contributed by atoms with Crippen LogP contribution in [0, 0.1) is 0 Å². The molecule has 0 spiro atoms. The van der Waals surface area contributed by atoms with Crippen molar-refractivity contribution in [2.45, 2.75) is 19.3 Å². The van der Waals surface area contributed by atoms with Gasteiger partial charge in [0.1, 0.15) is 0 Å². The van der Waals surface area contributed by atoms with Gasteiger partial charge in [0.05, 0.1) is 11.0 Å². The summed E-state index contributed by atoms with van der Waals surface area (Å²) in [6, 6.07) is 52.3. The van der Waals surface area contributed by atoms with Crippen molar-refractivity contribution in [3.8, 4) is 27.9 Å². The lowest BCUT2D eigenvalue weighted by molar-refractivity contribution is 0.660. The van der Waals surface area contributed by atoms with Crippen molar-refractivity contribution in [3.05, 3.63) is 151 Å². The second kappa shape index (κ2) is 8.38. The van der Waals surface area contributed by atoms with Crippen LogP contribution in [0.25, 0.3) is 60.5 Å². The third kappa shape index (κ3) is 2.78. The molecule has 0 fully saturated rings. The third-order valence-corrected chi connectivity index (χ3v) is 11.1. The van der Waals surface area contributed by atoms with Gasteiger partial charge in [0.25, 0.3) is 0 Å². The van der Waals surface area contributed by atoms with Gasteiger partial charge in [-0.15, -0.1) is 0 Å². The maximum absolute atomic E-state index is 2.68. The summed E-state index contributed by atoms with van der Waals surface area (Å²) in [5, 5.41) is 5.32. The number of benzene rings is 7. The number of anilines is 2. The predicted molar refractivity (Wildman–Crippen MR) is 195 cm³/mol. The molecule has 3 heterocycles. The van der Waals surface area contributed by atoms with Gasteiger partial charge in [0, 0.05) is 44.4 Å². The van der Waals surface area contributed by atoms with Crippen LogP contribution >= 0.6 is 0 Å². The second-order valence-electron chi connectivity index (χ2n) is 13.6. The number of hydrogen-bond acceptors (Lipinski definition) is 1. The van der Waals surface area contributed by atoms with Gasteiger partial charge >= 0.3 is 6.85 Å². The summed E-state index contributed by atoms with van der Waals surface area (Å²) in [4.78, 5) is 2.68. The summed E-state index contributed by atoms with van der Waals surface area (Å²) in [6.45, 7) is 4.79. The summed E-state index contributed by atoms with van der Waals surface area (Å²) in [7, 11) is 0. The minimum atomic E-state index is -0.0908. The van der Waals surface area contributed by atoms with Crippen LogP contribution in [0.1, 0.15) is 25.0 Å². The molecule has 7 aromatic carbocycles. The summed E-state index contributed by atoms with van der Waals surface area (Å²) in [6.07, 6.45) is 0. The smallest absolute Gasteiger partial charge is 0.333 e. The van der Waals surface area contributed by atoms with Crippen molar-refractivity contribution in [3.63, 3.8) is 0 Å². The van der Waals surface area contributed by atoms with Crippen molar-refractivity contribution in [1.29, 1.82) is 0 Å². The van der Waals surface area contributed by atoms with E-state index >= 15 is 0 Å². The number of rotatable bonds is 1. The lowest BCUT2D eigenvalue weighted by Crippen LogP contribution is -2.60. The number of aromatic nitrogens is 1. The van der Waals surface area contributed by atoms with Crippen LogP contribution in [0.4, 0.5) is 11.4 Å². The number of fused-ring (bicyclic) bond motifs is 15. The van der Waals surface area contributed by atoms with E-state index in [2.05, 4.69) is 163 Å². The highest BCUT2D eigenvalue weighted by atomic mass is 15.1. The van der Waals surface area contributed by atoms with Crippen LogP contribution in [-0.4, -0.2) is 11.4 Å². The molecular weight excluding hydrogens is 555 g/mol. The molecule has 0 N–H and O–H groups in total. The SMILES string of the molecule is CC1(C)c2ccccc2-c2c1ccc1c2N(c2ccccc2)B2c3ccccc3-n3c4ccccc4c4c5ccccc5c-1c2c43. The fourth-order valence-corrected chi connectivity index (χ4v) is 9.33. The first kappa shape index (κ1) is 24.7. The Balaban J connectivity index is 1.43. The average Bonchev–Trinajstić information content (AvgIpc) is 3.58. The number of hydrogen-bond donors (Lipinski definition) is 0. The Bertz CT molecular complexity index is 2630. The van der Waals surface area contributed by atoms with E-state index in [9.17, 15) is 0 Å². The molecule has 8 aromatic rings. The zero-order valence-electron chi connectivity index (χ0n) is 25.8. The fourth-order valence-electron chi connectivity index (χ4n) is 9.33. The molecule has 3 aliphatic rings. The van der Waals surface area contributed by atoms with E-state index in [0.29, 0.717) is 0 Å². The molecule has 0 radical (unpaired) electrons.